The predicted octanol–water partition coefficient (Wildman–Crippen LogP) is 2.22. The molecule has 1 aromatic rings. The molecule has 8 heteroatoms. The zero-order valence-corrected chi connectivity index (χ0v) is 9.47. The van der Waals surface area contributed by atoms with E-state index in [4.69, 9.17) is 21.4 Å². The summed E-state index contributed by atoms with van der Waals surface area (Å²) in [4.78, 5) is 3.62. The van der Waals surface area contributed by atoms with Gasteiger partial charge in [0.15, 0.2) is 11.5 Å². The fraction of sp³-hybridized carbons (Fsp3) is 0.444. The Bertz CT molecular complexity index is 398. The maximum atomic E-state index is 12.1. The van der Waals surface area contributed by atoms with E-state index >= 15 is 0 Å². The Hall–Kier alpha value is -1.21. The van der Waals surface area contributed by atoms with Gasteiger partial charge in [-0.25, -0.2) is 0 Å². The molecule has 0 spiro atoms. The molecule has 1 heterocycles. The van der Waals surface area contributed by atoms with Crippen LogP contribution in [0, 0.1) is 0 Å². The number of alkyl halides is 4. The van der Waals surface area contributed by atoms with E-state index in [1.54, 1.807) is 0 Å². The van der Waals surface area contributed by atoms with Crippen LogP contribution >= 0.6 is 11.6 Å². The van der Waals surface area contributed by atoms with Crippen LogP contribution < -0.4 is 9.47 Å². The molecule has 0 unspecified atom stereocenters. The monoisotopic (exact) mass is 271 g/mol. The minimum Gasteiger partial charge on any atom is -0.492 e. The van der Waals surface area contributed by atoms with Crippen molar-refractivity contribution in [1.82, 2.24) is 4.98 Å². The largest absolute Gasteiger partial charge is 0.573 e. The Morgan fingerprint density at radius 3 is 2.53 bits per heavy atom. The third-order valence-corrected chi connectivity index (χ3v) is 2.16. The van der Waals surface area contributed by atoms with Gasteiger partial charge in [0.25, 0.3) is 0 Å². The van der Waals surface area contributed by atoms with Gasteiger partial charge in [0.2, 0.25) is 0 Å². The van der Waals surface area contributed by atoms with E-state index in [1.165, 1.54) is 7.11 Å². The number of nitrogens with zero attached hydrogens (tertiary/aromatic N) is 1. The second kappa shape index (κ2) is 5.42. The maximum Gasteiger partial charge on any atom is 0.573 e. The molecular formula is C9H9ClF3NO3. The fourth-order valence-corrected chi connectivity index (χ4v) is 1.52. The first-order chi connectivity index (χ1) is 7.92. The van der Waals surface area contributed by atoms with Crippen LogP contribution in [0.5, 0.6) is 11.5 Å². The van der Waals surface area contributed by atoms with E-state index < -0.39 is 18.7 Å². The highest BCUT2D eigenvalue weighted by molar-refractivity contribution is 6.17. The number of methoxy groups -OCH3 is 1. The number of aliphatic hydroxyl groups excluding tert-OH is 1. The third-order valence-electron chi connectivity index (χ3n) is 1.90. The molecule has 17 heavy (non-hydrogen) atoms. The normalized spacial score (nSPS) is 11.4. The summed E-state index contributed by atoms with van der Waals surface area (Å²) in [6, 6.07) is 0. The van der Waals surface area contributed by atoms with Crippen molar-refractivity contribution in [2.24, 2.45) is 0 Å². The van der Waals surface area contributed by atoms with Crippen LogP contribution in [0.15, 0.2) is 6.20 Å². The van der Waals surface area contributed by atoms with Gasteiger partial charge in [-0.05, 0) is 0 Å². The Kier molecular flexibility index (Phi) is 4.41. The van der Waals surface area contributed by atoms with Gasteiger partial charge in [-0.15, -0.1) is 24.8 Å². The first-order valence-electron chi connectivity index (χ1n) is 4.40. The molecule has 1 rings (SSSR count). The molecule has 96 valence electrons. The molecule has 0 bridgehead atoms. The van der Waals surface area contributed by atoms with Crippen LogP contribution in [-0.4, -0.2) is 23.6 Å². The van der Waals surface area contributed by atoms with Crippen LogP contribution in [-0.2, 0) is 12.5 Å². The van der Waals surface area contributed by atoms with Crippen LogP contribution in [0.2, 0.25) is 0 Å². The van der Waals surface area contributed by atoms with E-state index in [0.29, 0.717) is 0 Å². The van der Waals surface area contributed by atoms with E-state index in [0.717, 1.165) is 6.20 Å². The van der Waals surface area contributed by atoms with Gasteiger partial charge in [0.05, 0.1) is 31.5 Å². The Morgan fingerprint density at radius 1 is 1.47 bits per heavy atom. The van der Waals surface area contributed by atoms with Crippen molar-refractivity contribution in [2.45, 2.75) is 18.8 Å². The fourth-order valence-electron chi connectivity index (χ4n) is 1.25. The van der Waals surface area contributed by atoms with Crippen molar-refractivity contribution in [3.8, 4) is 11.5 Å². The average molecular weight is 272 g/mol. The van der Waals surface area contributed by atoms with Crippen molar-refractivity contribution in [1.29, 1.82) is 0 Å². The van der Waals surface area contributed by atoms with Crippen molar-refractivity contribution < 1.29 is 27.8 Å². The quantitative estimate of drug-likeness (QED) is 0.853. The molecule has 0 aromatic carbocycles. The number of rotatable bonds is 4. The molecule has 0 saturated carbocycles. The zero-order valence-electron chi connectivity index (χ0n) is 8.71. The zero-order chi connectivity index (χ0) is 13.1. The first-order valence-corrected chi connectivity index (χ1v) is 4.93. The highest BCUT2D eigenvalue weighted by Gasteiger charge is 2.33. The lowest BCUT2D eigenvalue weighted by Gasteiger charge is -2.15. The summed E-state index contributed by atoms with van der Waals surface area (Å²) in [5.41, 5.74) is 0.310. The maximum absolute atomic E-state index is 12.1. The standard InChI is InChI=1S/C9H9ClF3NO3/c1-16-8-5(2-10)6(4-15)14-3-7(8)17-9(11,12)13/h3,15H,2,4H2,1H3. The Balaban J connectivity index is 3.23. The number of aromatic nitrogens is 1. The van der Waals surface area contributed by atoms with Crippen LogP contribution in [0.25, 0.3) is 0 Å². The van der Waals surface area contributed by atoms with Crippen molar-refractivity contribution in [2.75, 3.05) is 7.11 Å². The second-order valence-electron chi connectivity index (χ2n) is 2.92. The Morgan fingerprint density at radius 2 is 2.12 bits per heavy atom. The average Bonchev–Trinajstić information content (AvgIpc) is 2.26. The number of hydrogen-bond acceptors (Lipinski definition) is 4. The van der Waals surface area contributed by atoms with E-state index in [1.807, 2.05) is 0 Å². The summed E-state index contributed by atoms with van der Waals surface area (Å²) in [6.07, 6.45) is -4.02. The number of pyridine rings is 1. The smallest absolute Gasteiger partial charge is 0.492 e. The minimum absolute atomic E-state index is 0.145. The van der Waals surface area contributed by atoms with Crippen molar-refractivity contribution >= 4 is 11.6 Å². The van der Waals surface area contributed by atoms with Crippen molar-refractivity contribution in [3.63, 3.8) is 0 Å². The summed E-state index contributed by atoms with van der Waals surface area (Å²) in [5.74, 6) is -0.926. The molecule has 1 aromatic heterocycles. The number of aliphatic hydroxyl groups is 1. The van der Waals surface area contributed by atoms with Gasteiger partial charge in [-0.3, -0.25) is 4.98 Å². The highest BCUT2D eigenvalue weighted by atomic mass is 35.5. The first kappa shape index (κ1) is 13.9. The molecule has 0 aliphatic rings. The van der Waals surface area contributed by atoms with Crippen LogP contribution in [0.3, 0.4) is 0 Å². The second-order valence-corrected chi connectivity index (χ2v) is 3.19. The number of hydrogen-bond donors (Lipinski definition) is 1. The summed E-state index contributed by atoms with van der Waals surface area (Å²) in [5, 5.41) is 8.95. The summed E-state index contributed by atoms with van der Waals surface area (Å²) in [6.45, 7) is -0.454. The molecular weight excluding hydrogens is 263 g/mol. The molecule has 0 atom stereocenters. The van der Waals surface area contributed by atoms with Gasteiger partial charge in [0, 0.05) is 5.56 Å². The van der Waals surface area contributed by atoms with E-state index in [2.05, 4.69) is 9.72 Å². The third kappa shape index (κ3) is 3.37. The molecule has 1 N–H and O–H groups in total. The lowest BCUT2D eigenvalue weighted by atomic mass is 10.2. The van der Waals surface area contributed by atoms with Gasteiger partial charge in [-0.2, -0.15) is 0 Å². The minimum atomic E-state index is -4.85. The highest BCUT2D eigenvalue weighted by Crippen LogP contribution is 2.36. The SMILES string of the molecule is COc1c(OC(F)(F)F)cnc(CO)c1CCl. The number of halogens is 4. The van der Waals surface area contributed by atoms with Crippen molar-refractivity contribution in [3.05, 3.63) is 17.5 Å². The molecule has 0 saturated heterocycles. The summed E-state index contributed by atoms with van der Waals surface area (Å²) in [7, 11) is 1.18. The van der Waals surface area contributed by atoms with Gasteiger partial charge in [0.1, 0.15) is 0 Å². The summed E-state index contributed by atoms with van der Waals surface area (Å²) >= 11 is 5.57. The molecule has 0 amide bonds. The molecule has 4 nitrogen and oxygen atoms in total. The topological polar surface area (TPSA) is 51.6 Å². The lowest BCUT2D eigenvalue weighted by molar-refractivity contribution is -0.275. The molecule has 0 aliphatic heterocycles. The van der Waals surface area contributed by atoms with E-state index in [9.17, 15) is 13.2 Å². The van der Waals surface area contributed by atoms with Gasteiger partial charge in [-0.1, -0.05) is 0 Å². The number of ether oxygens (including phenoxy) is 2. The van der Waals surface area contributed by atoms with Crippen LogP contribution in [0.1, 0.15) is 11.3 Å². The lowest BCUT2D eigenvalue weighted by Crippen LogP contribution is -2.18. The predicted molar refractivity (Wildman–Crippen MR) is 53.0 cm³/mol. The van der Waals surface area contributed by atoms with Crippen LogP contribution in [0.4, 0.5) is 13.2 Å². The molecule has 0 fully saturated rings. The van der Waals surface area contributed by atoms with Gasteiger partial charge < -0.3 is 14.6 Å². The summed E-state index contributed by atoms with van der Waals surface area (Å²) < 4.78 is 44.8. The molecule has 0 aliphatic carbocycles. The van der Waals surface area contributed by atoms with E-state index in [-0.39, 0.29) is 22.9 Å². The molecule has 0 radical (unpaired) electrons. The Labute approximate surface area is 99.9 Å². The van der Waals surface area contributed by atoms with Gasteiger partial charge >= 0.3 is 6.36 Å².